The van der Waals surface area contributed by atoms with Crippen LogP contribution in [0.2, 0.25) is 0 Å². The lowest BCUT2D eigenvalue weighted by Gasteiger charge is -2.35. The first-order valence-corrected chi connectivity index (χ1v) is 9.41. The van der Waals surface area contributed by atoms with E-state index in [1.807, 2.05) is 54.6 Å². The standard InChI is InChI=1S/C17H20N2O3S/c1-23(20,21)19-13-11-18(12-14-19)16-9-5-6-10-17(16)22-15-7-3-2-4-8-15/h2-10H,11-14H2,1H3. The second kappa shape index (κ2) is 6.60. The zero-order valence-electron chi connectivity index (χ0n) is 13.1. The summed E-state index contributed by atoms with van der Waals surface area (Å²) in [5.41, 5.74) is 0.990. The smallest absolute Gasteiger partial charge is 0.211 e. The maximum absolute atomic E-state index is 11.6. The number of anilines is 1. The zero-order valence-corrected chi connectivity index (χ0v) is 13.9. The van der Waals surface area contributed by atoms with Gasteiger partial charge in [0.25, 0.3) is 0 Å². The minimum Gasteiger partial charge on any atom is -0.455 e. The summed E-state index contributed by atoms with van der Waals surface area (Å²) in [4.78, 5) is 2.17. The van der Waals surface area contributed by atoms with Crippen molar-refractivity contribution in [2.75, 3.05) is 37.3 Å². The lowest BCUT2D eigenvalue weighted by molar-refractivity contribution is 0.385. The highest BCUT2D eigenvalue weighted by atomic mass is 32.2. The average Bonchev–Trinajstić information content (AvgIpc) is 2.56. The van der Waals surface area contributed by atoms with Crippen LogP contribution in [0.4, 0.5) is 5.69 Å². The molecule has 6 heteroatoms. The summed E-state index contributed by atoms with van der Waals surface area (Å²) in [6, 6.07) is 17.5. The van der Waals surface area contributed by atoms with Crippen LogP contribution in [0.1, 0.15) is 0 Å². The Bertz CT molecular complexity index is 754. The molecule has 122 valence electrons. The van der Waals surface area contributed by atoms with Crippen LogP contribution in [0.25, 0.3) is 0 Å². The lowest BCUT2D eigenvalue weighted by atomic mass is 10.2. The van der Waals surface area contributed by atoms with Gasteiger partial charge in [-0.25, -0.2) is 8.42 Å². The van der Waals surface area contributed by atoms with Gasteiger partial charge < -0.3 is 9.64 Å². The topological polar surface area (TPSA) is 49.9 Å². The predicted molar refractivity (Wildman–Crippen MR) is 91.6 cm³/mol. The van der Waals surface area contributed by atoms with Gasteiger partial charge in [0.05, 0.1) is 11.9 Å². The van der Waals surface area contributed by atoms with E-state index in [0.717, 1.165) is 17.2 Å². The fourth-order valence-electron chi connectivity index (χ4n) is 2.68. The molecule has 5 nitrogen and oxygen atoms in total. The predicted octanol–water partition coefficient (Wildman–Crippen LogP) is 2.56. The summed E-state index contributed by atoms with van der Waals surface area (Å²) in [5, 5.41) is 0. The third-order valence-electron chi connectivity index (χ3n) is 3.88. The quantitative estimate of drug-likeness (QED) is 0.863. The van der Waals surface area contributed by atoms with Crippen LogP contribution < -0.4 is 9.64 Å². The molecule has 0 saturated carbocycles. The Morgan fingerprint density at radius 3 is 2.13 bits per heavy atom. The van der Waals surface area contributed by atoms with Crippen LogP contribution in [0.5, 0.6) is 11.5 Å². The monoisotopic (exact) mass is 332 g/mol. The number of hydrogen-bond donors (Lipinski definition) is 0. The minimum absolute atomic E-state index is 0.499. The molecule has 0 aliphatic carbocycles. The maximum atomic E-state index is 11.6. The molecule has 0 aromatic heterocycles. The first-order chi connectivity index (χ1) is 11.0. The number of ether oxygens (including phenoxy) is 1. The lowest BCUT2D eigenvalue weighted by Crippen LogP contribution is -2.48. The molecular weight excluding hydrogens is 312 g/mol. The summed E-state index contributed by atoms with van der Waals surface area (Å²) in [7, 11) is -3.11. The maximum Gasteiger partial charge on any atom is 0.211 e. The number of nitrogens with zero attached hydrogens (tertiary/aromatic N) is 2. The average molecular weight is 332 g/mol. The molecule has 1 fully saturated rings. The van der Waals surface area contributed by atoms with Crippen LogP contribution in [0.15, 0.2) is 54.6 Å². The largest absolute Gasteiger partial charge is 0.455 e. The first-order valence-electron chi connectivity index (χ1n) is 7.56. The highest BCUT2D eigenvalue weighted by molar-refractivity contribution is 7.88. The summed E-state index contributed by atoms with van der Waals surface area (Å²) in [6.45, 7) is 2.31. The van der Waals surface area contributed by atoms with E-state index < -0.39 is 10.0 Å². The molecule has 0 bridgehead atoms. The highest BCUT2D eigenvalue weighted by Gasteiger charge is 2.24. The summed E-state index contributed by atoms with van der Waals surface area (Å²) >= 11 is 0. The van der Waals surface area contributed by atoms with Gasteiger partial charge in [-0.05, 0) is 24.3 Å². The molecular formula is C17H20N2O3S. The SMILES string of the molecule is CS(=O)(=O)N1CCN(c2ccccc2Oc2ccccc2)CC1. The summed E-state index contributed by atoms with van der Waals surface area (Å²) < 4.78 is 30.7. The molecule has 3 rings (SSSR count). The zero-order chi connectivity index (χ0) is 16.3. The van der Waals surface area contributed by atoms with Gasteiger partial charge in [-0.15, -0.1) is 0 Å². The van der Waals surface area contributed by atoms with Crippen LogP contribution in [-0.4, -0.2) is 45.2 Å². The Hall–Kier alpha value is -2.05. The van der Waals surface area contributed by atoms with Gasteiger partial charge in [-0.2, -0.15) is 4.31 Å². The third kappa shape index (κ3) is 3.83. The molecule has 1 heterocycles. The van der Waals surface area contributed by atoms with Crippen LogP contribution >= 0.6 is 0 Å². The third-order valence-corrected chi connectivity index (χ3v) is 5.19. The molecule has 23 heavy (non-hydrogen) atoms. The number of rotatable bonds is 4. The minimum atomic E-state index is -3.11. The van der Waals surface area contributed by atoms with E-state index in [0.29, 0.717) is 26.2 Å². The van der Waals surface area contributed by atoms with Crippen molar-refractivity contribution >= 4 is 15.7 Å². The van der Waals surface area contributed by atoms with Crippen LogP contribution in [0.3, 0.4) is 0 Å². The molecule has 2 aromatic carbocycles. The Kier molecular flexibility index (Phi) is 4.54. The number of sulfonamides is 1. The van der Waals surface area contributed by atoms with Gasteiger partial charge in [0, 0.05) is 26.2 Å². The molecule has 0 amide bonds. The summed E-state index contributed by atoms with van der Waals surface area (Å²) in [5.74, 6) is 1.57. The Balaban J connectivity index is 1.77. The van der Waals surface area contributed by atoms with Crippen molar-refractivity contribution < 1.29 is 13.2 Å². The van der Waals surface area contributed by atoms with Gasteiger partial charge in [0.2, 0.25) is 10.0 Å². The van der Waals surface area contributed by atoms with Gasteiger partial charge in [0.1, 0.15) is 5.75 Å². The number of benzene rings is 2. The van der Waals surface area contributed by atoms with Crippen molar-refractivity contribution in [2.45, 2.75) is 0 Å². The Morgan fingerprint density at radius 1 is 0.870 bits per heavy atom. The van der Waals surface area contributed by atoms with Crippen molar-refractivity contribution in [1.82, 2.24) is 4.31 Å². The van der Waals surface area contributed by atoms with Crippen LogP contribution in [0, 0.1) is 0 Å². The van der Waals surface area contributed by atoms with E-state index >= 15 is 0 Å². The normalized spacial score (nSPS) is 16.3. The molecule has 0 spiro atoms. The molecule has 0 atom stereocenters. The molecule has 0 radical (unpaired) electrons. The molecule has 0 unspecified atom stereocenters. The van der Waals surface area contributed by atoms with Crippen molar-refractivity contribution in [3.8, 4) is 11.5 Å². The van der Waals surface area contributed by atoms with E-state index in [4.69, 9.17) is 4.74 Å². The van der Waals surface area contributed by atoms with Crippen LogP contribution in [-0.2, 0) is 10.0 Å². The van der Waals surface area contributed by atoms with Crippen molar-refractivity contribution in [1.29, 1.82) is 0 Å². The van der Waals surface area contributed by atoms with Gasteiger partial charge in [-0.1, -0.05) is 30.3 Å². The number of piperazine rings is 1. The Morgan fingerprint density at radius 2 is 1.48 bits per heavy atom. The van der Waals surface area contributed by atoms with Gasteiger partial charge >= 0.3 is 0 Å². The van der Waals surface area contributed by atoms with Crippen molar-refractivity contribution in [2.24, 2.45) is 0 Å². The fraction of sp³-hybridized carbons (Fsp3) is 0.294. The molecule has 0 N–H and O–H groups in total. The molecule has 2 aromatic rings. The van der Waals surface area contributed by atoms with E-state index in [9.17, 15) is 8.42 Å². The summed E-state index contributed by atoms with van der Waals surface area (Å²) in [6.07, 6.45) is 1.26. The molecule has 1 aliphatic heterocycles. The van der Waals surface area contributed by atoms with Gasteiger partial charge in [-0.3, -0.25) is 0 Å². The van der Waals surface area contributed by atoms with E-state index in [-0.39, 0.29) is 0 Å². The second-order valence-electron chi connectivity index (χ2n) is 5.53. The van der Waals surface area contributed by atoms with Gasteiger partial charge in [0.15, 0.2) is 5.75 Å². The molecule has 1 aliphatic rings. The Labute approximate surface area is 137 Å². The highest BCUT2D eigenvalue weighted by Crippen LogP contribution is 2.32. The second-order valence-corrected chi connectivity index (χ2v) is 7.51. The fourth-order valence-corrected chi connectivity index (χ4v) is 3.51. The number of para-hydroxylation sites is 3. The molecule has 1 saturated heterocycles. The first kappa shape index (κ1) is 15.8. The van der Waals surface area contributed by atoms with E-state index in [1.165, 1.54) is 10.6 Å². The van der Waals surface area contributed by atoms with Crippen molar-refractivity contribution in [3.63, 3.8) is 0 Å². The van der Waals surface area contributed by atoms with E-state index in [1.54, 1.807) is 0 Å². The number of hydrogen-bond acceptors (Lipinski definition) is 4. The van der Waals surface area contributed by atoms with Crippen molar-refractivity contribution in [3.05, 3.63) is 54.6 Å². The van der Waals surface area contributed by atoms with E-state index in [2.05, 4.69) is 4.90 Å².